The highest BCUT2D eigenvalue weighted by Gasteiger charge is 2.26. The summed E-state index contributed by atoms with van der Waals surface area (Å²) >= 11 is 0. The molecule has 0 aromatic carbocycles. The van der Waals surface area contributed by atoms with Gasteiger partial charge in [0.15, 0.2) is 0 Å². The van der Waals surface area contributed by atoms with E-state index in [-0.39, 0.29) is 0 Å². The molecule has 2 heterocycles. The summed E-state index contributed by atoms with van der Waals surface area (Å²) in [4.78, 5) is 0. The van der Waals surface area contributed by atoms with Crippen LogP contribution in [0.3, 0.4) is 0 Å². The highest BCUT2D eigenvalue weighted by Crippen LogP contribution is 2.22. The molecule has 2 unspecified atom stereocenters. The van der Waals surface area contributed by atoms with Crippen LogP contribution in [0.5, 0.6) is 0 Å². The van der Waals surface area contributed by atoms with Gasteiger partial charge in [0, 0.05) is 26.2 Å². The minimum Gasteiger partial charge on any atom is -0.378 e. The van der Waals surface area contributed by atoms with Crippen LogP contribution in [0.4, 0.5) is 0 Å². The largest absolute Gasteiger partial charge is 0.378 e. The van der Waals surface area contributed by atoms with Gasteiger partial charge in [-0.15, -0.1) is 0 Å². The average molecular weight is 251 g/mol. The Morgan fingerprint density at radius 3 is 3.06 bits per heavy atom. The van der Waals surface area contributed by atoms with Gasteiger partial charge in [-0.2, -0.15) is 5.10 Å². The summed E-state index contributed by atoms with van der Waals surface area (Å²) in [6.45, 7) is 10.2. The summed E-state index contributed by atoms with van der Waals surface area (Å²) in [7, 11) is 0. The standard InChI is InChI=1S/C14H25N3O/c1-4-14-12(6-7-18-14)9-15-10-13-8-11(3)16-17(13)5-2/h8,12,14-15H,4-7,9-10H2,1-3H3. The van der Waals surface area contributed by atoms with Crippen LogP contribution in [0.25, 0.3) is 0 Å². The van der Waals surface area contributed by atoms with E-state index in [1.54, 1.807) is 0 Å². The summed E-state index contributed by atoms with van der Waals surface area (Å²) < 4.78 is 7.78. The first kappa shape index (κ1) is 13.6. The van der Waals surface area contributed by atoms with Gasteiger partial charge < -0.3 is 10.1 Å². The van der Waals surface area contributed by atoms with E-state index in [4.69, 9.17) is 4.74 Å². The highest BCUT2D eigenvalue weighted by molar-refractivity contribution is 5.08. The van der Waals surface area contributed by atoms with Crippen LogP contribution in [0, 0.1) is 12.8 Å². The zero-order valence-corrected chi connectivity index (χ0v) is 11.8. The molecule has 0 spiro atoms. The Kier molecular flexibility index (Phi) is 4.78. The van der Waals surface area contributed by atoms with E-state index >= 15 is 0 Å². The van der Waals surface area contributed by atoms with E-state index < -0.39 is 0 Å². The molecule has 1 aromatic rings. The molecule has 0 amide bonds. The molecular weight excluding hydrogens is 226 g/mol. The predicted molar refractivity (Wildman–Crippen MR) is 72.5 cm³/mol. The Hall–Kier alpha value is -0.870. The molecule has 0 saturated carbocycles. The van der Waals surface area contributed by atoms with Crippen molar-refractivity contribution in [3.05, 3.63) is 17.5 Å². The average Bonchev–Trinajstić information content (AvgIpc) is 2.95. The SMILES string of the molecule is CCC1OCCC1CNCc1cc(C)nn1CC. The lowest BCUT2D eigenvalue weighted by molar-refractivity contribution is 0.0872. The van der Waals surface area contributed by atoms with E-state index in [0.29, 0.717) is 12.0 Å². The molecular formula is C14H25N3O. The molecule has 0 bridgehead atoms. The van der Waals surface area contributed by atoms with E-state index in [0.717, 1.165) is 38.4 Å². The Bertz CT molecular complexity index is 375. The van der Waals surface area contributed by atoms with E-state index in [2.05, 4.69) is 35.0 Å². The number of aryl methyl sites for hydroxylation is 2. The minimum atomic E-state index is 0.454. The lowest BCUT2D eigenvalue weighted by Crippen LogP contribution is -2.28. The Labute approximate surface area is 110 Å². The number of hydrogen-bond donors (Lipinski definition) is 1. The molecule has 4 heteroatoms. The number of ether oxygens (including phenoxy) is 1. The quantitative estimate of drug-likeness (QED) is 0.841. The summed E-state index contributed by atoms with van der Waals surface area (Å²) in [5, 5.41) is 8.02. The maximum atomic E-state index is 5.71. The van der Waals surface area contributed by atoms with Gasteiger partial charge in [0.2, 0.25) is 0 Å². The fourth-order valence-electron chi connectivity index (χ4n) is 2.78. The van der Waals surface area contributed by atoms with Gasteiger partial charge in [-0.05, 0) is 38.7 Å². The van der Waals surface area contributed by atoms with Crippen molar-refractivity contribution in [1.29, 1.82) is 0 Å². The van der Waals surface area contributed by atoms with E-state index in [1.807, 2.05) is 6.92 Å². The van der Waals surface area contributed by atoms with Crippen molar-refractivity contribution in [3.8, 4) is 0 Å². The van der Waals surface area contributed by atoms with Crippen LogP contribution in [0.2, 0.25) is 0 Å². The lowest BCUT2D eigenvalue weighted by atomic mass is 10.00. The van der Waals surface area contributed by atoms with Gasteiger partial charge >= 0.3 is 0 Å². The first-order valence-corrected chi connectivity index (χ1v) is 7.10. The van der Waals surface area contributed by atoms with Crippen LogP contribution >= 0.6 is 0 Å². The smallest absolute Gasteiger partial charge is 0.0613 e. The normalized spacial score (nSPS) is 23.7. The second kappa shape index (κ2) is 6.34. The number of aromatic nitrogens is 2. The van der Waals surface area contributed by atoms with Gasteiger partial charge in [0.1, 0.15) is 0 Å². The van der Waals surface area contributed by atoms with E-state index in [9.17, 15) is 0 Å². The molecule has 1 aliphatic rings. The monoisotopic (exact) mass is 251 g/mol. The first-order chi connectivity index (χ1) is 8.74. The lowest BCUT2D eigenvalue weighted by Gasteiger charge is -2.17. The molecule has 0 radical (unpaired) electrons. The zero-order chi connectivity index (χ0) is 13.0. The number of hydrogen-bond acceptors (Lipinski definition) is 3. The second-order valence-electron chi connectivity index (χ2n) is 5.09. The van der Waals surface area contributed by atoms with Crippen LogP contribution in [0.15, 0.2) is 6.07 Å². The summed E-state index contributed by atoms with van der Waals surface area (Å²) in [5.74, 6) is 0.675. The Morgan fingerprint density at radius 1 is 1.50 bits per heavy atom. The molecule has 2 rings (SSSR count). The molecule has 1 aliphatic heterocycles. The molecule has 1 aromatic heterocycles. The number of nitrogens with one attached hydrogen (secondary N) is 1. The maximum Gasteiger partial charge on any atom is 0.0613 e. The molecule has 1 fully saturated rings. The van der Waals surface area contributed by atoms with Crippen molar-refractivity contribution >= 4 is 0 Å². The van der Waals surface area contributed by atoms with Crippen molar-refractivity contribution in [2.75, 3.05) is 13.2 Å². The maximum absolute atomic E-state index is 5.71. The zero-order valence-electron chi connectivity index (χ0n) is 11.8. The van der Waals surface area contributed by atoms with Crippen LogP contribution in [-0.4, -0.2) is 29.0 Å². The highest BCUT2D eigenvalue weighted by atomic mass is 16.5. The van der Waals surface area contributed by atoms with Crippen molar-refractivity contribution in [2.45, 2.75) is 52.8 Å². The third kappa shape index (κ3) is 3.12. The molecule has 4 nitrogen and oxygen atoms in total. The van der Waals surface area contributed by atoms with Gasteiger partial charge in [-0.1, -0.05) is 6.92 Å². The van der Waals surface area contributed by atoms with Gasteiger partial charge in [-0.25, -0.2) is 0 Å². The molecule has 2 atom stereocenters. The fraction of sp³-hybridized carbons (Fsp3) is 0.786. The first-order valence-electron chi connectivity index (χ1n) is 7.10. The van der Waals surface area contributed by atoms with Crippen molar-refractivity contribution in [3.63, 3.8) is 0 Å². The van der Waals surface area contributed by atoms with Gasteiger partial charge in [-0.3, -0.25) is 4.68 Å². The summed E-state index contributed by atoms with van der Waals surface area (Å²) in [5.41, 5.74) is 2.38. The van der Waals surface area contributed by atoms with Crippen LogP contribution in [-0.2, 0) is 17.8 Å². The Morgan fingerprint density at radius 2 is 2.33 bits per heavy atom. The summed E-state index contributed by atoms with van der Waals surface area (Å²) in [6.07, 6.45) is 2.77. The number of rotatable bonds is 6. The third-order valence-electron chi connectivity index (χ3n) is 3.75. The fourth-order valence-corrected chi connectivity index (χ4v) is 2.78. The minimum absolute atomic E-state index is 0.454. The predicted octanol–water partition coefficient (Wildman–Crippen LogP) is 2.12. The van der Waals surface area contributed by atoms with Crippen molar-refractivity contribution in [1.82, 2.24) is 15.1 Å². The van der Waals surface area contributed by atoms with Crippen molar-refractivity contribution < 1.29 is 4.74 Å². The van der Waals surface area contributed by atoms with Crippen molar-refractivity contribution in [2.24, 2.45) is 5.92 Å². The van der Waals surface area contributed by atoms with Gasteiger partial charge in [0.25, 0.3) is 0 Å². The second-order valence-corrected chi connectivity index (χ2v) is 5.09. The third-order valence-corrected chi connectivity index (χ3v) is 3.75. The molecule has 0 aliphatic carbocycles. The molecule has 102 valence electrons. The van der Waals surface area contributed by atoms with Crippen LogP contribution < -0.4 is 5.32 Å². The van der Waals surface area contributed by atoms with Crippen LogP contribution in [0.1, 0.15) is 38.1 Å². The topological polar surface area (TPSA) is 39.1 Å². The molecule has 1 saturated heterocycles. The Balaban J connectivity index is 1.81. The summed E-state index contributed by atoms with van der Waals surface area (Å²) in [6, 6.07) is 2.17. The molecule has 1 N–H and O–H groups in total. The number of nitrogens with zero attached hydrogens (tertiary/aromatic N) is 2. The van der Waals surface area contributed by atoms with Gasteiger partial charge in [0.05, 0.1) is 17.5 Å². The molecule has 18 heavy (non-hydrogen) atoms. The van der Waals surface area contributed by atoms with E-state index in [1.165, 1.54) is 12.1 Å².